The first-order valence-electron chi connectivity index (χ1n) is 5.51. The van der Waals surface area contributed by atoms with Gasteiger partial charge in [0.2, 0.25) is 0 Å². The van der Waals surface area contributed by atoms with Crippen molar-refractivity contribution in [1.82, 2.24) is 0 Å². The molecule has 0 aromatic heterocycles. The van der Waals surface area contributed by atoms with E-state index in [2.05, 4.69) is 52.4 Å². The molecular formula is C9H28OSi4. The van der Waals surface area contributed by atoms with E-state index in [1.807, 2.05) is 7.11 Å². The maximum atomic E-state index is 5.75. The van der Waals surface area contributed by atoms with Crippen LogP contribution in [0.15, 0.2) is 0 Å². The second-order valence-electron chi connectivity index (χ2n) is 6.47. The smallest absolute Gasteiger partial charge is 0.158 e. The van der Waals surface area contributed by atoms with Crippen LogP contribution in [0.4, 0.5) is 0 Å². The topological polar surface area (TPSA) is 9.23 Å². The first-order chi connectivity index (χ1) is 5.98. The van der Waals surface area contributed by atoms with Crippen LogP contribution in [0.2, 0.25) is 52.4 Å². The summed E-state index contributed by atoms with van der Waals surface area (Å²) < 4.78 is 5.75. The molecule has 0 aliphatic heterocycles. The monoisotopic (exact) mass is 264 g/mol. The average Bonchev–Trinajstić information content (AvgIpc) is 2.00. The van der Waals surface area contributed by atoms with E-state index in [0.29, 0.717) is 0 Å². The molecule has 0 radical (unpaired) electrons. The molecule has 1 nitrogen and oxygen atoms in total. The Morgan fingerprint density at radius 2 is 1.21 bits per heavy atom. The molecule has 0 heterocycles. The van der Waals surface area contributed by atoms with Crippen LogP contribution in [-0.4, -0.2) is 37.5 Å². The molecule has 0 rings (SSSR count). The summed E-state index contributed by atoms with van der Waals surface area (Å²) in [5.41, 5.74) is 0. The highest BCUT2D eigenvalue weighted by molar-refractivity contribution is 7.79. The summed E-state index contributed by atoms with van der Waals surface area (Å²) >= 11 is 0. The molecule has 1 atom stereocenters. The van der Waals surface area contributed by atoms with Crippen molar-refractivity contribution in [3.05, 3.63) is 0 Å². The van der Waals surface area contributed by atoms with Gasteiger partial charge in [0.15, 0.2) is 8.56 Å². The van der Waals surface area contributed by atoms with Crippen LogP contribution in [-0.2, 0) is 4.43 Å². The molecule has 0 aromatic rings. The van der Waals surface area contributed by atoms with Crippen molar-refractivity contribution in [2.75, 3.05) is 7.11 Å². The maximum Gasteiger partial charge on any atom is 0.158 e. The van der Waals surface area contributed by atoms with Crippen LogP contribution < -0.4 is 0 Å². The number of rotatable bonds is 4. The minimum Gasteiger partial charge on any atom is -0.427 e. The molecule has 0 amide bonds. The van der Waals surface area contributed by atoms with E-state index in [0.717, 1.165) is 0 Å². The molecular weight excluding hydrogens is 236 g/mol. The highest BCUT2D eigenvalue weighted by Gasteiger charge is 2.52. The van der Waals surface area contributed by atoms with Gasteiger partial charge in [-0.05, 0) is 0 Å². The highest BCUT2D eigenvalue weighted by Crippen LogP contribution is 2.30. The molecule has 0 aromatic carbocycles. The molecule has 0 saturated heterocycles. The Hall–Kier alpha value is 0.828. The van der Waals surface area contributed by atoms with Crippen molar-refractivity contribution in [2.45, 2.75) is 52.4 Å². The van der Waals surface area contributed by atoms with Crippen molar-refractivity contribution in [1.29, 1.82) is 0 Å². The van der Waals surface area contributed by atoms with Gasteiger partial charge < -0.3 is 4.43 Å². The van der Waals surface area contributed by atoms with Crippen LogP contribution in [0.3, 0.4) is 0 Å². The van der Waals surface area contributed by atoms with Gasteiger partial charge in [0.05, 0.1) is 7.11 Å². The SMILES string of the molecule is CO[SiH](C)[Si](C)(C)[Si](C)(C)[Si](C)(C)C. The summed E-state index contributed by atoms with van der Waals surface area (Å²) in [5, 5.41) is 0. The van der Waals surface area contributed by atoms with Crippen LogP contribution in [0.1, 0.15) is 0 Å². The highest BCUT2D eigenvalue weighted by atomic mass is 29.8. The quantitative estimate of drug-likeness (QED) is 0.710. The second-order valence-corrected chi connectivity index (χ2v) is 45.3. The molecule has 1 unspecified atom stereocenters. The van der Waals surface area contributed by atoms with E-state index in [-0.39, 0.29) is 0 Å². The van der Waals surface area contributed by atoms with Gasteiger partial charge in [-0.15, -0.1) is 0 Å². The van der Waals surface area contributed by atoms with Gasteiger partial charge in [0.25, 0.3) is 0 Å². The zero-order valence-electron chi connectivity index (χ0n) is 11.5. The zero-order chi connectivity index (χ0) is 11.8. The molecule has 14 heavy (non-hydrogen) atoms. The minimum atomic E-state index is -1.05. The Morgan fingerprint density at radius 3 is 1.43 bits per heavy atom. The fraction of sp³-hybridized carbons (Fsp3) is 1.00. The molecule has 0 spiro atoms. The molecule has 0 fully saturated rings. The van der Waals surface area contributed by atoms with Crippen molar-refractivity contribution < 1.29 is 4.43 Å². The van der Waals surface area contributed by atoms with Crippen LogP contribution in [0.5, 0.6) is 0 Å². The fourth-order valence-corrected chi connectivity index (χ4v) is 60.7. The second kappa shape index (κ2) is 4.37. The van der Waals surface area contributed by atoms with Gasteiger partial charge in [-0.1, -0.05) is 52.4 Å². The molecule has 0 aliphatic carbocycles. The lowest BCUT2D eigenvalue weighted by Crippen LogP contribution is -2.74. The molecule has 0 N–H and O–H groups in total. The van der Waals surface area contributed by atoms with Crippen LogP contribution >= 0.6 is 0 Å². The molecule has 0 aliphatic rings. The summed E-state index contributed by atoms with van der Waals surface area (Å²) in [4.78, 5) is 0. The predicted molar refractivity (Wildman–Crippen MR) is 78.3 cm³/mol. The maximum absolute atomic E-state index is 5.75. The van der Waals surface area contributed by atoms with E-state index in [9.17, 15) is 0 Å². The van der Waals surface area contributed by atoms with Crippen LogP contribution in [0.25, 0.3) is 0 Å². The summed E-state index contributed by atoms with van der Waals surface area (Å²) in [6.45, 7) is 20.6. The van der Waals surface area contributed by atoms with Gasteiger partial charge in [-0.25, -0.2) is 0 Å². The van der Waals surface area contributed by atoms with Gasteiger partial charge in [-0.2, -0.15) is 0 Å². The first-order valence-corrected chi connectivity index (χ1v) is 20.4. The lowest BCUT2D eigenvalue weighted by molar-refractivity contribution is 0.438. The lowest BCUT2D eigenvalue weighted by Gasteiger charge is -2.48. The average molecular weight is 265 g/mol. The molecule has 86 valence electrons. The lowest BCUT2D eigenvalue weighted by atomic mass is 11.8. The summed E-state index contributed by atoms with van der Waals surface area (Å²) in [7, 11) is -1.95. The summed E-state index contributed by atoms with van der Waals surface area (Å²) in [6.07, 6.45) is 0. The molecule has 0 bridgehead atoms. The Labute approximate surface area is 94.4 Å². The van der Waals surface area contributed by atoms with E-state index >= 15 is 0 Å². The Kier molecular flexibility index (Phi) is 4.62. The van der Waals surface area contributed by atoms with Gasteiger partial charge in [0.1, 0.15) is 0 Å². The normalized spacial score (nSPS) is 16.9. The zero-order valence-corrected chi connectivity index (χ0v) is 15.6. The number of hydrogen-bond donors (Lipinski definition) is 0. The van der Waals surface area contributed by atoms with E-state index in [1.54, 1.807) is 0 Å². The standard InChI is InChI=1S/C9H28OSi4/c1-10-11(2)13(6,7)14(8,9)12(3,4)5/h11H,1-9H3. The third-order valence-corrected chi connectivity index (χ3v) is 67.6. The van der Waals surface area contributed by atoms with Crippen LogP contribution in [0, 0.1) is 0 Å². The minimum absolute atomic E-state index is 0.880. The number of hydrogen-bond acceptors (Lipinski definition) is 1. The van der Waals surface area contributed by atoms with Gasteiger partial charge in [-0.3, -0.25) is 0 Å². The first kappa shape index (κ1) is 14.8. The van der Waals surface area contributed by atoms with Crippen molar-refractivity contribution in [2.24, 2.45) is 0 Å². The largest absolute Gasteiger partial charge is 0.427 e. The summed E-state index contributed by atoms with van der Waals surface area (Å²) in [5.74, 6) is 0. The fourth-order valence-electron chi connectivity index (χ4n) is 1.77. The van der Waals surface area contributed by atoms with E-state index < -0.39 is 30.4 Å². The van der Waals surface area contributed by atoms with Gasteiger partial charge in [0, 0.05) is 21.8 Å². The van der Waals surface area contributed by atoms with E-state index in [4.69, 9.17) is 4.43 Å². The third-order valence-electron chi connectivity index (χ3n) is 4.86. The third kappa shape index (κ3) is 2.49. The van der Waals surface area contributed by atoms with Crippen molar-refractivity contribution >= 4 is 30.4 Å². The summed E-state index contributed by atoms with van der Waals surface area (Å²) in [6, 6.07) is 0. The molecule has 5 heteroatoms. The van der Waals surface area contributed by atoms with Gasteiger partial charge >= 0.3 is 0 Å². The predicted octanol–water partition coefficient (Wildman–Crippen LogP) is 2.98. The van der Waals surface area contributed by atoms with Crippen molar-refractivity contribution in [3.8, 4) is 0 Å². The Morgan fingerprint density at radius 1 is 0.857 bits per heavy atom. The molecule has 0 saturated carbocycles. The Balaban J connectivity index is 5.07. The Bertz CT molecular complexity index is 195. The van der Waals surface area contributed by atoms with E-state index in [1.165, 1.54) is 0 Å². The van der Waals surface area contributed by atoms with Crippen molar-refractivity contribution in [3.63, 3.8) is 0 Å².